The van der Waals surface area contributed by atoms with Gasteiger partial charge >= 0.3 is 5.97 Å². The summed E-state index contributed by atoms with van der Waals surface area (Å²) in [6.45, 7) is 1.86. The smallest absolute Gasteiger partial charge is 0.305 e. The fourth-order valence-electron chi connectivity index (χ4n) is 1.57. The summed E-state index contributed by atoms with van der Waals surface area (Å²) in [7, 11) is 0. The third-order valence-corrected chi connectivity index (χ3v) is 2.49. The van der Waals surface area contributed by atoms with Gasteiger partial charge in [-0.05, 0) is 12.0 Å². The van der Waals surface area contributed by atoms with Crippen LogP contribution in [0.4, 0.5) is 0 Å². The number of carboxylic acids is 1. The Balaban J connectivity index is 2.45. The van der Waals surface area contributed by atoms with Gasteiger partial charge in [-0.15, -0.1) is 0 Å². The summed E-state index contributed by atoms with van der Waals surface area (Å²) in [5.74, 6) is -1.03. The van der Waals surface area contributed by atoms with Gasteiger partial charge in [0.1, 0.15) is 0 Å². The lowest BCUT2D eigenvalue weighted by Crippen LogP contribution is -2.36. The average Bonchev–Trinajstić information content (AvgIpc) is 2.28. The number of aliphatic carboxylic acids is 1. The quantitative estimate of drug-likeness (QED) is 0.787. The summed E-state index contributed by atoms with van der Waals surface area (Å²) < 4.78 is 0. The van der Waals surface area contributed by atoms with Gasteiger partial charge in [-0.3, -0.25) is 9.59 Å². The first-order chi connectivity index (χ1) is 8.11. The summed E-state index contributed by atoms with van der Waals surface area (Å²) >= 11 is 0. The zero-order valence-electron chi connectivity index (χ0n) is 9.85. The van der Waals surface area contributed by atoms with Gasteiger partial charge in [-0.25, -0.2) is 0 Å². The van der Waals surface area contributed by atoms with Crippen LogP contribution in [0.3, 0.4) is 0 Å². The summed E-state index contributed by atoms with van der Waals surface area (Å²) in [6, 6.07) is 9.09. The van der Waals surface area contributed by atoms with Gasteiger partial charge in [0, 0.05) is 6.04 Å². The molecule has 0 heterocycles. The Morgan fingerprint density at radius 2 is 1.94 bits per heavy atom. The molecular formula is C13H17NO3. The zero-order valence-corrected chi connectivity index (χ0v) is 9.85. The predicted molar refractivity (Wildman–Crippen MR) is 64.6 cm³/mol. The molecule has 0 aliphatic rings. The van der Waals surface area contributed by atoms with Gasteiger partial charge in [0.15, 0.2) is 0 Å². The molecule has 0 radical (unpaired) electrons. The van der Waals surface area contributed by atoms with Crippen LogP contribution in [0.2, 0.25) is 0 Å². The van der Waals surface area contributed by atoms with Crippen LogP contribution in [-0.2, 0) is 16.0 Å². The molecule has 0 aliphatic heterocycles. The van der Waals surface area contributed by atoms with Crippen molar-refractivity contribution in [1.29, 1.82) is 0 Å². The number of hydrogen-bond donors (Lipinski definition) is 2. The number of carbonyl (C=O) groups is 2. The molecule has 4 nitrogen and oxygen atoms in total. The van der Waals surface area contributed by atoms with Gasteiger partial charge in [0.05, 0.1) is 12.8 Å². The van der Waals surface area contributed by atoms with E-state index in [9.17, 15) is 9.59 Å². The van der Waals surface area contributed by atoms with Crippen LogP contribution in [0.1, 0.15) is 25.3 Å². The minimum atomic E-state index is -0.892. The van der Waals surface area contributed by atoms with Crippen molar-refractivity contribution in [2.24, 2.45) is 0 Å². The molecule has 1 aromatic carbocycles. The highest BCUT2D eigenvalue weighted by Crippen LogP contribution is 2.02. The van der Waals surface area contributed by atoms with Crippen LogP contribution in [-0.4, -0.2) is 23.0 Å². The fourth-order valence-corrected chi connectivity index (χ4v) is 1.57. The molecule has 17 heavy (non-hydrogen) atoms. The average molecular weight is 235 g/mol. The third-order valence-electron chi connectivity index (χ3n) is 2.49. The Morgan fingerprint density at radius 1 is 1.29 bits per heavy atom. The number of carboxylic acid groups (broad SMARTS) is 1. The highest BCUT2D eigenvalue weighted by Gasteiger charge is 2.13. The maximum atomic E-state index is 11.7. The van der Waals surface area contributed by atoms with Gasteiger partial charge in [-0.1, -0.05) is 37.3 Å². The van der Waals surface area contributed by atoms with E-state index >= 15 is 0 Å². The molecule has 1 amide bonds. The Morgan fingerprint density at radius 3 is 2.47 bits per heavy atom. The van der Waals surface area contributed by atoms with Crippen LogP contribution >= 0.6 is 0 Å². The molecule has 0 aliphatic carbocycles. The number of rotatable bonds is 6. The zero-order chi connectivity index (χ0) is 12.7. The monoisotopic (exact) mass is 235 g/mol. The largest absolute Gasteiger partial charge is 0.481 e. The molecule has 4 heteroatoms. The van der Waals surface area contributed by atoms with Crippen LogP contribution in [0.5, 0.6) is 0 Å². The first-order valence-electron chi connectivity index (χ1n) is 5.67. The lowest BCUT2D eigenvalue weighted by Gasteiger charge is -2.14. The topological polar surface area (TPSA) is 66.4 Å². The van der Waals surface area contributed by atoms with Crippen molar-refractivity contribution >= 4 is 11.9 Å². The molecule has 1 atom stereocenters. The molecular weight excluding hydrogens is 218 g/mol. The van der Waals surface area contributed by atoms with E-state index in [1.54, 1.807) is 0 Å². The first-order valence-corrected chi connectivity index (χ1v) is 5.67. The van der Waals surface area contributed by atoms with Crippen LogP contribution < -0.4 is 5.32 Å². The maximum absolute atomic E-state index is 11.7. The standard InChI is InChI=1S/C13H17NO3/c1-2-11(9-13(16)17)14-12(15)8-10-6-4-3-5-7-10/h3-7,11H,2,8-9H2,1H3,(H,14,15)(H,16,17). The van der Waals surface area contributed by atoms with E-state index in [4.69, 9.17) is 5.11 Å². The summed E-state index contributed by atoms with van der Waals surface area (Å²) in [5.41, 5.74) is 0.926. The summed E-state index contributed by atoms with van der Waals surface area (Å²) in [6.07, 6.45) is 0.876. The van der Waals surface area contributed by atoms with Crippen LogP contribution in [0.25, 0.3) is 0 Å². The second-order valence-electron chi connectivity index (χ2n) is 3.93. The molecule has 0 bridgehead atoms. The van der Waals surface area contributed by atoms with E-state index in [0.29, 0.717) is 6.42 Å². The highest BCUT2D eigenvalue weighted by molar-refractivity contribution is 5.79. The van der Waals surface area contributed by atoms with E-state index < -0.39 is 5.97 Å². The molecule has 2 N–H and O–H groups in total. The number of nitrogens with one attached hydrogen (secondary N) is 1. The first kappa shape index (κ1) is 13.2. The van der Waals surface area contributed by atoms with Crippen molar-refractivity contribution in [2.45, 2.75) is 32.2 Å². The van der Waals surface area contributed by atoms with Crippen molar-refractivity contribution in [3.05, 3.63) is 35.9 Å². The third kappa shape index (κ3) is 5.15. The van der Waals surface area contributed by atoms with Crippen LogP contribution in [0.15, 0.2) is 30.3 Å². The highest BCUT2D eigenvalue weighted by atomic mass is 16.4. The van der Waals surface area contributed by atoms with E-state index in [0.717, 1.165) is 5.56 Å². The molecule has 0 fully saturated rings. The number of benzene rings is 1. The van der Waals surface area contributed by atoms with Gasteiger partial charge < -0.3 is 10.4 Å². The number of hydrogen-bond acceptors (Lipinski definition) is 2. The minimum absolute atomic E-state index is 0.0307. The van der Waals surface area contributed by atoms with Gasteiger partial charge in [0.2, 0.25) is 5.91 Å². The normalized spacial score (nSPS) is 11.8. The van der Waals surface area contributed by atoms with Crippen molar-refractivity contribution in [3.63, 3.8) is 0 Å². The van der Waals surface area contributed by atoms with E-state index in [2.05, 4.69) is 5.32 Å². The molecule has 1 rings (SSSR count). The Kier molecular flexibility index (Phi) is 5.20. The molecule has 1 unspecified atom stereocenters. The van der Waals surface area contributed by atoms with E-state index in [1.165, 1.54) is 0 Å². The lowest BCUT2D eigenvalue weighted by atomic mass is 10.1. The van der Waals surface area contributed by atoms with Gasteiger partial charge in [-0.2, -0.15) is 0 Å². The van der Waals surface area contributed by atoms with Crippen molar-refractivity contribution in [3.8, 4) is 0 Å². The van der Waals surface area contributed by atoms with Crippen LogP contribution in [0, 0.1) is 0 Å². The molecule has 0 saturated carbocycles. The van der Waals surface area contributed by atoms with Crippen molar-refractivity contribution in [1.82, 2.24) is 5.32 Å². The van der Waals surface area contributed by atoms with E-state index in [-0.39, 0.29) is 24.8 Å². The Bertz CT molecular complexity index is 376. The molecule has 0 aromatic heterocycles. The Hall–Kier alpha value is -1.84. The van der Waals surface area contributed by atoms with Crippen molar-refractivity contribution in [2.75, 3.05) is 0 Å². The Labute approximate surface area is 101 Å². The molecule has 92 valence electrons. The second kappa shape index (κ2) is 6.68. The maximum Gasteiger partial charge on any atom is 0.305 e. The molecule has 0 spiro atoms. The fraction of sp³-hybridized carbons (Fsp3) is 0.385. The number of carbonyl (C=O) groups excluding carboxylic acids is 1. The SMILES string of the molecule is CCC(CC(=O)O)NC(=O)Cc1ccccc1. The second-order valence-corrected chi connectivity index (χ2v) is 3.93. The lowest BCUT2D eigenvalue weighted by molar-refractivity contribution is -0.137. The number of amides is 1. The van der Waals surface area contributed by atoms with Crippen molar-refractivity contribution < 1.29 is 14.7 Å². The molecule has 1 aromatic rings. The summed E-state index contributed by atoms with van der Waals surface area (Å²) in [4.78, 5) is 22.2. The molecule has 0 saturated heterocycles. The van der Waals surface area contributed by atoms with Gasteiger partial charge in [0.25, 0.3) is 0 Å². The predicted octanol–water partition coefficient (Wildman–Crippen LogP) is 1.60. The van der Waals surface area contributed by atoms with E-state index in [1.807, 2.05) is 37.3 Å². The summed E-state index contributed by atoms with van der Waals surface area (Å²) in [5, 5.41) is 11.4. The minimum Gasteiger partial charge on any atom is -0.481 e.